The number of allylic oxidation sites excluding steroid dienone is 3. The van der Waals surface area contributed by atoms with Crippen molar-refractivity contribution in [2.24, 2.45) is 28.1 Å². The highest BCUT2D eigenvalue weighted by Gasteiger charge is 2.84. The zero-order chi connectivity index (χ0) is 14.6. The Hall–Kier alpha value is -0.450. The quantitative estimate of drug-likeness (QED) is 0.689. The zero-order valence-electron chi connectivity index (χ0n) is 12.2. The lowest BCUT2D eigenvalue weighted by molar-refractivity contribution is -0.249. The summed E-state index contributed by atoms with van der Waals surface area (Å²) in [6.07, 6.45) is 6.55. The van der Waals surface area contributed by atoms with Crippen LogP contribution in [0.1, 0.15) is 20.8 Å². The molecule has 1 unspecified atom stereocenters. The monoisotopic (exact) mass is 338 g/mol. The Labute approximate surface area is 127 Å². The van der Waals surface area contributed by atoms with Crippen LogP contribution in [0.4, 0.5) is 0 Å². The third kappa shape index (κ3) is 0.889. The normalized spacial score (nSPS) is 59.0. The molecule has 5 aliphatic rings. The molecule has 1 spiro atoms. The van der Waals surface area contributed by atoms with Gasteiger partial charge in [0.1, 0.15) is 0 Å². The fourth-order valence-corrected chi connectivity index (χ4v) is 6.38. The molecular formula is C16H19BrO3. The molecule has 1 heterocycles. The van der Waals surface area contributed by atoms with E-state index in [2.05, 4.69) is 54.9 Å². The lowest BCUT2D eigenvalue weighted by atomic mass is 9.40. The first-order chi connectivity index (χ1) is 9.31. The summed E-state index contributed by atoms with van der Waals surface area (Å²) in [5.41, 5.74) is -1.11. The minimum atomic E-state index is -1.15. The second kappa shape index (κ2) is 3.31. The summed E-state index contributed by atoms with van der Waals surface area (Å²) >= 11 is 3.74. The summed E-state index contributed by atoms with van der Waals surface area (Å²) in [7, 11) is 1.59. The number of ketones is 1. The lowest BCUT2D eigenvalue weighted by Crippen LogP contribution is -2.72. The summed E-state index contributed by atoms with van der Waals surface area (Å²) < 4.78 is 12.8. The number of hydrogen-bond donors (Lipinski definition) is 0. The molecule has 6 atom stereocenters. The van der Waals surface area contributed by atoms with Crippen LogP contribution >= 0.6 is 15.9 Å². The van der Waals surface area contributed by atoms with Crippen molar-refractivity contribution >= 4 is 21.7 Å². The van der Waals surface area contributed by atoms with Gasteiger partial charge in [0.25, 0.3) is 0 Å². The van der Waals surface area contributed by atoms with Crippen molar-refractivity contribution in [1.82, 2.24) is 0 Å². The Bertz CT molecular complexity index is 597. The summed E-state index contributed by atoms with van der Waals surface area (Å²) in [4.78, 5) is 13.3. The van der Waals surface area contributed by atoms with E-state index in [1.807, 2.05) is 0 Å². The molecular weight excluding hydrogens is 320 g/mol. The number of halogens is 1. The summed E-state index contributed by atoms with van der Waals surface area (Å²) in [5.74, 6) is -0.690. The minimum absolute atomic E-state index is 0.0932. The molecule has 0 aromatic rings. The van der Waals surface area contributed by atoms with Crippen LogP contribution in [0.15, 0.2) is 22.7 Å². The molecule has 1 saturated heterocycles. The molecule has 1 saturated carbocycles. The van der Waals surface area contributed by atoms with Crippen molar-refractivity contribution in [2.45, 2.75) is 26.6 Å². The van der Waals surface area contributed by atoms with Crippen LogP contribution in [0.2, 0.25) is 0 Å². The molecule has 1 aliphatic heterocycles. The number of ether oxygens (including phenoxy) is 2. The highest BCUT2D eigenvalue weighted by molar-refractivity contribution is 9.11. The molecule has 20 heavy (non-hydrogen) atoms. The lowest BCUT2D eigenvalue weighted by Gasteiger charge is -2.63. The van der Waals surface area contributed by atoms with Gasteiger partial charge in [0.05, 0.1) is 17.4 Å². The molecule has 108 valence electrons. The smallest absolute Gasteiger partial charge is 0.240 e. The third-order valence-corrected chi connectivity index (χ3v) is 7.77. The maximum absolute atomic E-state index is 13.3. The fourth-order valence-electron chi connectivity index (χ4n) is 5.29. The van der Waals surface area contributed by atoms with Gasteiger partial charge in [-0.3, -0.25) is 4.79 Å². The van der Waals surface area contributed by atoms with Crippen LogP contribution in [0, 0.1) is 28.1 Å². The Balaban J connectivity index is 2.13. The van der Waals surface area contributed by atoms with Gasteiger partial charge in [0.2, 0.25) is 11.6 Å². The van der Waals surface area contributed by atoms with Crippen LogP contribution in [0.3, 0.4) is 0 Å². The van der Waals surface area contributed by atoms with E-state index in [9.17, 15) is 4.79 Å². The van der Waals surface area contributed by atoms with Gasteiger partial charge < -0.3 is 9.47 Å². The molecule has 4 aliphatic carbocycles. The van der Waals surface area contributed by atoms with Crippen molar-refractivity contribution in [3.8, 4) is 0 Å². The topological polar surface area (TPSA) is 35.5 Å². The first-order valence-electron chi connectivity index (χ1n) is 7.12. The molecule has 5 rings (SSSR count). The molecule has 3 nitrogen and oxygen atoms in total. The number of Topliss-reactive ketones (excluding diaryl/α,β-unsaturated/α-hetero) is 1. The first-order valence-corrected chi connectivity index (χ1v) is 7.92. The van der Waals surface area contributed by atoms with Crippen LogP contribution in [0.25, 0.3) is 0 Å². The Morgan fingerprint density at radius 3 is 2.75 bits per heavy atom. The Morgan fingerprint density at radius 2 is 2.10 bits per heavy atom. The van der Waals surface area contributed by atoms with Crippen LogP contribution < -0.4 is 0 Å². The van der Waals surface area contributed by atoms with Crippen molar-refractivity contribution in [1.29, 1.82) is 0 Å². The average molecular weight is 339 g/mol. The predicted octanol–water partition coefficient (Wildman–Crippen LogP) is 3.06. The molecule has 0 aromatic carbocycles. The van der Waals surface area contributed by atoms with Gasteiger partial charge in [-0.15, -0.1) is 0 Å². The molecule has 0 aromatic heterocycles. The van der Waals surface area contributed by atoms with Crippen molar-refractivity contribution in [3.63, 3.8) is 0 Å². The van der Waals surface area contributed by atoms with E-state index in [1.54, 1.807) is 7.11 Å². The fraction of sp³-hybridized carbons (Fsp3) is 0.688. The molecule has 2 fully saturated rings. The van der Waals surface area contributed by atoms with E-state index in [1.165, 1.54) is 0 Å². The second-order valence-electron chi connectivity index (χ2n) is 7.06. The largest absolute Gasteiger partial charge is 0.346 e. The number of carbonyl (C=O) groups excluding carboxylic acids is 1. The van der Waals surface area contributed by atoms with E-state index in [0.29, 0.717) is 6.61 Å². The van der Waals surface area contributed by atoms with E-state index >= 15 is 0 Å². The highest BCUT2D eigenvalue weighted by Crippen LogP contribution is 2.77. The Morgan fingerprint density at radius 1 is 1.40 bits per heavy atom. The summed E-state index contributed by atoms with van der Waals surface area (Å²) in [5, 5.41) is 0. The van der Waals surface area contributed by atoms with Gasteiger partial charge in [-0.25, -0.2) is 0 Å². The van der Waals surface area contributed by atoms with Gasteiger partial charge >= 0.3 is 0 Å². The van der Waals surface area contributed by atoms with Gasteiger partial charge in [-0.05, 0) is 12.8 Å². The first kappa shape index (κ1) is 13.2. The third-order valence-electron chi connectivity index (χ3n) is 6.75. The van der Waals surface area contributed by atoms with Crippen LogP contribution in [-0.2, 0) is 14.3 Å². The van der Waals surface area contributed by atoms with Crippen molar-refractivity contribution in [3.05, 3.63) is 22.7 Å². The van der Waals surface area contributed by atoms with E-state index in [4.69, 9.17) is 9.47 Å². The summed E-state index contributed by atoms with van der Waals surface area (Å²) in [6, 6.07) is 0. The van der Waals surface area contributed by atoms with Gasteiger partial charge in [0, 0.05) is 22.9 Å². The second-order valence-corrected chi connectivity index (χ2v) is 7.91. The van der Waals surface area contributed by atoms with Gasteiger partial charge in [0.15, 0.2) is 0 Å². The maximum Gasteiger partial charge on any atom is 0.240 e. The number of rotatable bonds is 1. The number of hydrogen-bond acceptors (Lipinski definition) is 3. The zero-order valence-corrected chi connectivity index (χ0v) is 13.8. The number of carbonyl (C=O) groups is 1. The molecule has 4 heteroatoms. The maximum atomic E-state index is 13.3. The van der Waals surface area contributed by atoms with E-state index in [-0.39, 0.29) is 23.0 Å². The molecule has 0 amide bonds. The number of methoxy groups -OCH3 is 1. The molecule has 4 bridgehead atoms. The minimum Gasteiger partial charge on any atom is -0.346 e. The van der Waals surface area contributed by atoms with Crippen LogP contribution in [-0.4, -0.2) is 25.3 Å². The predicted molar refractivity (Wildman–Crippen MR) is 78.2 cm³/mol. The standard InChI is InChI=1S/C16H19BrO3/c1-9-5-6-10-13(2)8-20-16(19-4)12(18)15(9,10)7-11(17)14(13,16)3/h5-7,9-10H,8H2,1-4H3/t9?,10-,13+,14-,15-,16-/m0/s1. The SMILES string of the molecule is CO[C@@]12OC[C@]3(C)[C@@H]4C=CC(C)[C@]4(C=C(Br)[C@]13C)C2=O. The van der Waals surface area contributed by atoms with Gasteiger partial charge in [-0.2, -0.15) is 0 Å². The highest BCUT2D eigenvalue weighted by atomic mass is 79.9. The Kier molecular flexibility index (Phi) is 2.19. The average Bonchev–Trinajstić information content (AvgIpc) is 2.84. The van der Waals surface area contributed by atoms with Crippen molar-refractivity contribution < 1.29 is 14.3 Å². The van der Waals surface area contributed by atoms with Gasteiger partial charge in [-0.1, -0.05) is 48.0 Å². The molecule has 0 radical (unpaired) electrons. The molecule has 0 N–H and O–H groups in total. The summed E-state index contributed by atoms with van der Waals surface area (Å²) in [6.45, 7) is 7.00. The van der Waals surface area contributed by atoms with E-state index in [0.717, 1.165) is 4.48 Å². The van der Waals surface area contributed by atoms with Crippen LogP contribution in [0.5, 0.6) is 0 Å². The van der Waals surface area contributed by atoms with Crippen molar-refractivity contribution in [2.75, 3.05) is 13.7 Å². The van der Waals surface area contributed by atoms with E-state index < -0.39 is 16.6 Å².